The summed E-state index contributed by atoms with van der Waals surface area (Å²) in [5.74, 6) is -0.862. The van der Waals surface area contributed by atoms with E-state index in [-0.39, 0.29) is 18.2 Å². The van der Waals surface area contributed by atoms with E-state index in [1.807, 2.05) is 0 Å². The molecule has 1 unspecified atom stereocenters. The van der Waals surface area contributed by atoms with Gasteiger partial charge in [-0.15, -0.1) is 0 Å². The van der Waals surface area contributed by atoms with Gasteiger partial charge in [0, 0.05) is 6.54 Å². The Morgan fingerprint density at radius 3 is 2.44 bits per heavy atom. The third-order valence-electron chi connectivity index (χ3n) is 3.91. The maximum Gasteiger partial charge on any atom is 0.410 e. The fourth-order valence-corrected chi connectivity index (χ4v) is 2.44. The van der Waals surface area contributed by atoms with Crippen molar-refractivity contribution < 1.29 is 19.4 Å². The zero-order valence-corrected chi connectivity index (χ0v) is 11.0. The van der Waals surface area contributed by atoms with Gasteiger partial charge in [-0.3, -0.25) is 4.79 Å². The zero-order chi connectivity index (χ0) is 13.3. The molecule has 0 spiro atoms. The van der Waals surface area contributed by atoms with Crippen LogP contribution in [0.3, 0.4) is 0 Å². The molecule has 0 aromatic carbocycles. The smallest absolute Gasteiger partial charge is 0.410 e. The van der Waals surface area contributed by atoms with Crippen LogP contribution in [0.4, 0.5) is 4.79 Å². The molecular formula is C13H21NO4. The van der Waals surface area contributed by atoms with Crippen molar-refractivity contribution in [3.05, 3.63) is 0 Å². The van der Waals surface area contributed by atoms with Crippen LogP contribution in [-0.4, -0.2) is 40.8 Å². The number of likely N-dealkylation sites (tertiary alicyclic amines) is 1. The van der Waals surface area contributed by atoms with Crippen molar-refractivity contribution in [2.24, 2.45) is 5.41 Å². The Hall–Kier alpha value is -1.26. The van der Waals surface area contributed by atoms with Gasteiger partial charge in [0.05, 0.1) is 11.5 Å². The molecule has 2 aliphatic rings. The zero-order valence-electron chi connectivity index (χ0n) is 11.0. The Balaban J connectivity index is 2.09. The number of carbonyl (C=O) groups excluding carboxylic acids is 1. The first kappa shape index (κ1) is 13.2. The molecule has 1 aliphatic carbocycles. The highest BCUT2D eigenvalue weighted by atomic mass is 16.6. The van der Waals surface area contributed by atoms with E-state index in [0.29, 0.717) is 6.54 Å². The fourth-order valence-electron chi connectivity index (χ4n) is 2.44. The number of hydrogen-bond donors (Lipinski definition) is 1. The van der Waals surface area contributed by atoms with Gasteiger partial charge in [-0.25, -0.2) is 4.79 Å². The lowest BCUT2D eigenvalue weighted by molar-refractivity contribution is -0.151. The molecule has 1 amide bonds. The molecule has 0 radical (unpaired) electrons. The average Bonchev–Trinajstić information content (AvgIpc) is 3.12. The first-order chi connectivity index (χ1) is 8.43. The number of rotatable bonds is 3. The van der Waals surface area contributed by atoms with Gasteiger partial charge in [-0.2, -0.15) is 0 Å². The van der Waals surface area contributed by atoms with E-state index in [2.05, 4.69) is 0 Å². The summed E-state index contributed by atoms with van der Waals surface area (Å²) >= 11 is 0. The topological polar surface area (TPSA) is 66.8 Å². The van der Waals surface area contributed by atoms with Gasteiger partial charge < -0.3 is 14.7 Å². The van der Waals surface area contributed by atoms with Crippen molar-refractivity contribution >= 4 is 12.1 Å². The van der Waals surface area contributed by atoms with Gasteiger partial charge >= 0.3 is 12.1 Å². The summed E-state index contributed by atoms with van der Waals surface area (Å²) < 4.78 is 5.30. The van der Waals surface area contributed by atoms with Gasteiger partial charge in [0.25, 0.3) is 0 Å². The van der Waals surface area contributed by atoms with E-state index in [4.69, 9.17) is 4.74 Å². The van der Waals surface area contributed by atoms with Crippen molar-refractivity contribution in [1.29, 1.82) is 0 Å². The molecule has 1 saturated heterocycles. The van der Waals surface area contributed by atoms with Crippen LogP contribution < -0.4 is 0 Å². The van der Waals surface area contributed by atoms with Gasteiger partial charge in [0.15, 0.2) is 0 Å². The monoisotopic (exact) mass is 255 g/mol. The van der Waals surface area contributed by atoms with Gasteiger partial charge in [0.2, 0.25) is 0 Å². The second-order valence-electron chi connectivity index (χ2n) is 5.81. The van der Waals surface area contributed by atoms with E-state index < -0.39 is 11.4 Å². The SMILES string of the molecule is CC(C)(C(=O)O)C1CCCCN1C(=O)OC1CC1. The predicted octanol–water partition coefficient (Wildman–Crippen LogP) is 2.25. The molecule has 0 bridgehead atoms. The van der Waals surface area contributed by atoms with Crippen LogP contribution in [0.15, 0.2) is 0 Å². The number of hydrogen-bond acceptors (Lipinski definition) is 3. The Kier molecular flexibility index (Phi) is 3.50. The molecule has 1 aliphatic heterocycles. The van der Waals surface area contributed by atoms with Crippen LogP contribution in [0.2, 0.25) is 0 Å². The average molecular weight is 255 g/mol. The Morgan fingerprint density at radius 2 is 1.89 bits per heavy atom. The molecule has 5 heteroatoms. The number of amides is 1. The molecule has 102 valence electrons. The summed E-state index contributed by atoms with van der Waals surface area (Å²) in [6, 6.07) is -0.269. The Labute approximate surface area is 107 Å². The highest BCUT2D eigenvalue weighted by molar-refractivity contribution is 5.76. The molecule has 0 aromatic heterocycles. The van der Waals surface area contributed by atoms with Crippen molar-refractivity contribution in [2.45, 2.75) is 58.1 Å². The number of carbonyl (C=O) groups is 2. The molecule has 2 fully saturated rings. The fraction of sp³-hybridized carbons (Fsp3) is 0.846. The second kappa shape index (κ2) is 4.78. The van der Waals surface area contributed by atoms with E-state index >= 15 is 0 Å². The standard InChI is InChI=1S/C13H21NO4/c1-13(2,11(15)16)10-5-3-4-8-14(10)12(17)18-9-6-7-9/h9-10H,3-8H2,1-2H3,(H,15,16). The number of piperidine rings is 1. The predicted molar refractivity (Wildman–Crippen MR) is 65.3 cm³/mol. The van der Waals surface area contributed by atoms with Crippen molar-refractivity contribution in [3.8, 4) is 0 Å². The van der Waals surface area contributed by atoms with E-state index in [9.17, 15) is 14.7 Å². The number of carboxylic acids is 1. The van der Waals surface area contributed by atoms with Crippen LogP contribution >= 0.6 is 0 Å². The van der Waals surface area contributed by atoms with Crippen molar-refractivity contribution in [2.75, 3.05) is 6.54 Å². The number of carboxylic acid groups (broad SMARTS) is 1. The van der Waals surface area contributed by atoms with Crippen molar-refractivity contribution in [1.82, 2.24) is 4.90 Å². The minimum absolute atomic E-state index is 0.0630. The summed E-state index contributed by atoms with van der Waals surface area (Å²) in [5.41, 5.74) is -0.928. The van der Waals surface area contributed by atoms with Gasteiger partial charge in [0.1, 0.15) is 6.10 Å². The van der Waals surface area contributed by atoms with E-state index in [1.165, 1.54) is 0 Å². The molecule has 5 nitrogen and oxygen atoms in total. The summed E-state index contributed by atoms with van der Waals surface area (Å²) in [6.45, 7) is 3.97. The van der Waals surface area contributed by atoms with Crippen LogP contribution in [0.5, 0.6) is 0 Å². The normalized spacial score (nSPS) is 24.8. The number of nitrogens with zero attached hydrogens (tertiary/aromatic N) is 1. The van der Waals surface area contributed by atoms with Crippen LogP contribution in [0.25, 0.3) is 0 Å². The lowest BCUT2D eigenvalue weighted by Gasteiger charge is -2.42. The minimum Gasteiger partial charge on any atom is -0.481 e. The summed E-state index contributed by atoms with van der Waals surface area (Å²) in [4.78, 5) is 25.0. The molecule has 1 heterocycles. The molecule has 1 atom stereocenters. The molecule has 0 aromatic rings. The lowest BCUT2D eigenvalue weighted by Crippen LogP contribution is -2.53. The first-order valence-electron chi connectivity index (χ1n) is 6.63. The summed E-state index contributed by atoms with van der Waals surface area (Å²) in [7, 11) is 0. The quantitative estimate of drug-likeness (QED) is 0.840. The highest BCUT2D eigenvalue weighted by Gasteiger charge is 2.44. The third kappa shape index (κ3) is 2.60. The van der Waals surface area contributed by atoms with Gasteiger partial charge in [-0.05, 0) is 46.0 Å². The van der Waals surface area contributed by atoms with E-state index in [0.717, 1.165) is 32.1 Å². The second-order valence-corrected chi connectivity index (χ2v) is 5.81. The lowest BCUT2D eigenvalue weighted by atomic mass is 9.79. The maximum absolute atomic E-state index is 12.0. The van der Waals surface area contributed by atoms with Crippen molar-refractivity contribution in [3.63, 3.8) is 0 Å². The van der Waals surface area contributed by atoms with Crippen LogP contribution in [-0.2, 0) is 9.53 Å². The summed E-state index contributed by atoms with van der Waals surface area (Å²) in [5, 5.41) is 9.31. The Bertz CT molecular complexity index is 349. The van der Waals surface area contributed by atoms with Gasteiger partial charge in [-0.1, -0.05) is 0 Å². The molecule has 18 heavy (non-hydrogen) atoms. The largest absolute Gasteiger partial charge is 0.481 e. The molecule has 2 rings (SSSR count). The highest BCUT2D eigenvalue weighted by Crippen LogP contribution is 2.34. The molecule has 1 saturated carbocycles. The maximum atomic E-state index is 12.0. The first-order valence-corrected chi connectivity index (χ1v) is 6.63. The van der Waals surface area contributed by atoms with Crippen LogP contribution in [0.1, 0.15) is 46.0 Å². The minimum atomic E-state index is -0.928. The molecule has 1 N–H and O–H groups in total. The number of ether oxygens (including phenoxy) is 1. The van der Waals surface area contributed by atoms with Crippen LogP contribution in [0, 0.1) is 5.41 Å². The number of aliphatic carboxylic acids is 1. The third-order valence-corrected chi connectivity index (χ3v) is 3.91. The molecular weight excluding hydrogens is 234 g/mol. The van der Waals surface area contributed by atoms with E-state index in [1.54, 1.807) is 18.7 Å². The Morgan fingerprint density at radius 1 is 1.22 bits per heavy atom. The summed E-state index contributed by atoms with van der Waals surface area (Å²) in [6.07, 6.45) is 4.23.